The molecular formula is C12H17N5O2S. The van der Waals surface area contributed by atoms with E-state index in [0.29, 0.717) is 17.6 Å². The SMILES string of the molecule is CC(C)Cn1c(Cn2cccn2)nnc1SCC(=O)O. The zero-order chi connectivity index (χ0) is 14.5. The Balaban J connectivity index is 2.19. The number of thioether (sulfide) groups is 1. The molecule has 0 aromatic carbocycles. The summed E-state index contributed by atoms with van der Waals surface area (Å²) in [6.07, 6.45) is 3.57. The van der Waals surface area contributed by atoms with E-state index in [0.717, 1.165) is 12.4 Å². The lowest BCUT2D eigenvalue weighted by atomic mass is 10.2. The number of carbonyl (C=O) groups is 1. The molecular weight excluding hydrogens is 278 g/mol. The van der Waals surface area contributed by atoms with Gasteiger partial charge in [-0.15, -0.1) is 10.2 Å². The van der Waals surface area contributed by atoms with E-state index in [2.05, 4.69) is 29.1 Å². The van der Waals surface area contributed by atoms with Crippen LogP contribution < -0.4 is 0 Å². The number of rotatable bonds is 7. The van der Waals surface area contributed by atoms with E-state index in [1.54, 1.807) is 10.9 Å². The van der Waals surface area contributed by atoms with Gasteiger partial charge in [0.25, 0.3) is 0 Å². The molecule has 2 aromatic rings. The monoisotopic (exact) mass is 295 g/mol. The van der Waals surface area contributed by atoms with Crippen molar-refractivity contribution in [2.45, 2.75) is 32.1 Å². The normalized spacial score (nSPS) is 11.2. The number of carboxylic acids is 1. The molecule has 108 valence electrons. The van der Waals surface area contributed by atoms with Gasteiger partial charge in [-0.2, -0.15) is 5.10 Å². The maximum atomic E-state index is 10.7. The van der Waals surface area contributed by atoms with Crippen LogP contribution in [0.1, 0.15) is 19.7 Å². The highest BCUT2D eigenvalue weighted by molar-refractivity contribution is 7.99. The van der Waals surface area contributed by atoms with Crippen molar-refractivity contribution in [1.82, 2.24) is 24.5 Å². The molecule has 0 aliphatic rings. The van der Waals surface area contributed by atoms with Gasteiger partial charge in [0.15, 0.2) is 11.0 Å². The molecule has 0 unspecified atom stereocenters. The molecule has 0 bridgehead atoms. The molecule has 1 N–H and O–H groups in total. The van der Waals surface area contributed by atoms with Crippen LogP contribution in [0.5, 0.6) is 0 Å². The van der Waals surface area contributed by atoms with Gasteiger partial charge < -0.3 is 9.67 Å². The Labute approximate surface area is 121 Å². The maximum Gasteiger partial charge on any atom is 0.313 e. The minimum Gasteiger partial charge on any atom is -0.481 e. The first-order chi connectivity index (χ1) is 9.56. The smallest absolute Gasteiger partial charge is 0.313 e. The highest BCUT2D eigenvalue weighted by Gasteiger charge is 2.15. The lowest BCUT2D eigenvalue weighted by molar-refractivity contribution is -0.133. The minimum atomic E-state index is -0.859. The summed E-state index contributed by atoms with van der Waals surface area (Å²) >= 11 is 1.19. The molecule has 0 aliphatic carbocycles. The van der Waals surface area contributed by atoms with Crippen LogP contribution in [-0.2, 0) is 17.9 Å². The van der Waals surface area contributed by atoms with E-state index in [9.17, 15) is 4.79 Å². The van der Waals surface area contributed by atoms with Crippen LogP contribution >= 0.6 is 11.8 Å². The molecule has 2 heterocycles. The second-order valence-corrected chi connectivity index (χ2v) is 5.73. The second-order valence-electron chi connectivity index (χ2n) is 4.79. The summed E-state index contributed by atoms with van der Waals surface area (Å²) in [7, 11) is 0. The topological polar surface area (TPSA) is 85.8 Å². The van der Waals surface area contributed by atoms with Crippen LogP contribution in [0, 0.1) is 5.92 Å². The predicted molar refractivity (Wildman–Crippen MR) is 74.5 cm³/mol. The van der Waals surface area contributed by atoms with Crippen LogP contribution in [0.25, 0.3) is 0 Å². The van der Waals surface area contributed by atoms with Gasteiger partial charge in [-0.3, -0.25) is 9.48 Å². The van der Waals surface area contributed by atoms with E-state index in [1.165, 1.54) is 11.8 Å². The Bertz CT molecular complexity index is 564. The molecule has 2 rings (SSSR count). The Hall–Kier alpha value is -1.83. The van der Waals surface area contributed by atoms with Crippen LogP contribution in [-0.4, -0.2) is 41.4 Å². The Morgan fingerprint density at radius 3 is 2.85 bits per heavy atom. The average Bonchev–Trinajstić information content (AvgIpc) is 2.99. The predicted octanol–water partition coefficient (Wildman–Crippen LogP) is 1.36. The van der Waals surface area contributed by atoms with E-state index >= 15 is 0 Å². The van der Waals surface area contributed by atoms with E-state index in [4.69, 9.17) is 5.11 Å². The fourth-order valence-electron chi connectivity index (χ4n) is 1.76. The minimum absolute atomic E-state index is 0.0159. The summed E-state index contributed by atoms with van der Waals surface area (Å²) in [5.41, 5.74) is 0. The molecule has 0 saturated carbocycles. The zero-order valence-electron chi connectivity index (χ0n) is 11.4. The second kappa shape index (κ2) is 6.56. The Morgan fingerprint density at radius 1 is 1.45 bits per heavy atom. The molecule has 0 amide bonds. The number of carboxylic acid groups (broad SMARTS) is 1. The van der Waals surface area contributed by atoms with Crippen LogP contribution in [0.3, 0.4) is 0 Å². The highest BCUT2D eigenvalue weighted by Crippen LogP contribution is 2.19. The van der Waals surface area contributed by atoms with Gasteiger partial charge in [0.1, 0.15) is 6.54 Å². The fraction of sp³-hybridized carbons (Fsp3) is 0.500. The fourth-order valence-corrected chi connectivity index (χ4v) is 2.44. The number of hydrogen-bond acceptors (Lipinski definition) is 5. The van der Waals surface area contributed by atoms with Crippen molar-refractivity contribution in [3.05, 3.63) is 24.3 Å². The standard InChI is InChI=1S/C12H17N5O2S/c1-9(2)6-17-10(7-16-5-3-4-13-16)14-15-12(17)20-8-11(18)19/h3-5,9H,6-8H2,1-2H3,(H,18,19). The third-order valence-corrected chi connectivity index (χ3v) is 3.48. The Morgan fingerprint density at radius 2 is 2.25 bits per heavy atom. The first kappa shape index (κ1) is 14.6. The molecule has 8 heteroatoms. The molecule has 0 spiro atoms. The van der Waals surface area contributed by atoms with Gasteiger partial charge in [-0.25, -0.2) is 0 Å². The summed E-state index contributed by atoms with van der Waals surface area (Å²) in [4.78, 5) is 10.7. The average molecular weight is 295 g/mol. The molecule has 0 radical (unpaired) electrons. The molecule has 0 aliphatic heterocycles. The van der Waals surface area contributed by atoms with Crippen LogP contribution in [0.2, 0.25) is 0 Å². The van der Waals surface area contributed by atoms with Gasteiger partial charge in [0, 0.05) is 18.9 Å². The zero-order valence-corrected chi connectivity index (χ0v) is 12.2. The summed E-state index contributed by atoms with van der Waals surface area (Å²) in [6, 6.07) is 1.85. The van der Waals surface area contributed by atoms with Crippen molar-refractivity contribution >= 4 is 17.7 Å². The van der Waals surface area contributed by atoms with Crippen molar-refractivity contribution < 1.29 is 9.90 Å². The summed E-state index contributed by atoms with van der Waals surface area (Å²) in [6.45, 7) is 5.48. The highest BCUT2D eigenvalue weighted by atomic mass is 32.2. The van der Waals surface area contributed by atoms with E-state index in [-0.39, 0.29) is 5.75 Å². The summed E-state index contributed by atoms with van der Waals surface area (Å²) in [5, 5.41) is 21.8. The van der Waals surface area contributed by atoms with Gasteiger partial charge in [-0.1, -0.05) is 25.6 Å². The first-order valence-corrected chi connectivity index (χ1v) is 7.29. The van der Waals surface area contributed by atoms with Crippen molar-refractivity contribution in [3.8, 4) is 0 Å². The van der Waals surface area contributed by atoms with Crippen LogP contribution in [0.15, 0.2) is 23.6 Å². The number of aliphatic carboxylic acids is 1. The van der Waals surface area contributed by atoms with Crippen molar-refractivity contribution in [3.63, 3.8) is 0 Å². The number of hydrogen-bond donors (Lipinski definition) is 1. The quantitative estimate of drug-likeness (QED) is 0.776. The maximum absolute atomic E-state index is 10.7. The number of nitrogens with zero attached hydrogens (tertiary/aromatic N) is 5. The van der Waals surface area contributed by atoms with Gasteiger partial charge >= 0.3 is 5.97 Å². The first-order valence-electron chi connectivity index (χ1n) is 6.30. The third kappa shape index (κ3) is 3.83. The summed E-state index contributed by atoms with van der Waals surface area (Å²) < 4.78 is 3.74. The van der Waals surface area contributed by atoms with E-state index < -0.39 is 5.97 Å². The summed E-state index contributed by atoms with van der Waals surface area (Å²) in [5.74, 6) is 0.336. The van der Waals surface area contributed by atoms with Gasteiger partial charge in [0.05, 0.1) is 5.75 Å². The van der Waals surface area contributed by atoms with Crippen molar-refractivity contribution in [1.29, 1.82) is 0 Å². The molecule has 7 nitrogen and oxygen atoms in total. The number of aromatic nitrogens is 5. The van der Waals surface area contributed by atoms with Crippen molar-refractivity contribution in [2.75, 3.05) is 5.75 Å². The van der Waals surface area contributed by atoms with E-state index in [1.807, 2.05) is 16.8 Å². The van der Waals surface area contributed by atoms with Gasteiger partial charge in [-0.05, 0) is 12.0 Å². The van der Waals surface area contributed by atoms with Crippen LogP contribution in [0.4, 0.5) is 0 Å². The Kier molecular flexibility index (Phi) is 4.78. The lowest BCUT2D eigenvalue weighted by Crippen LogP contribution is -2.13. The molecule has 20 heavy (non-hydrogen) atoms. The lowest BCUT2D eigenvalue weighted by Gasteiger charge is -2.12. The third-order valence-electron chi connectivity index (χ3n) is 2.53. The van der Waals surface area contributed by atoms with Crippen molar-refractivity contribution in [2.24, 2.45) is 5.92 Å². The molecule has 2 aromatic heterocycles. The largest absolute Gasteiger partial charge is 0.481 e. The molecule has 0 atom stereocenters. The molecule has 0 fully saturated rings. The van der Waals surface area contributed by atoms with Gasteiger partial charge in [0.2, 0.25) is 0 Å². The molecule has 0 saturated heterocycles.